The van der Waals surface area contributed by atoms with E-state index in [4.69, 9.17) is 0 Å². The van der Waals surface area contributed by atoms with Gasteiger partial charge in [0.1, 0.15) is 0 Å². The largest absolute Gasteiger partial charge is 0.465 e. The molecule has 0 amide bonds. The molecule has 6 nitrogen and oxygen atoms in total. The SMILES string of the molecule is COC(=O)c1ccccc1N(C)S(=O)(=O)NC1CC1. The van der Waals surface area contributed by atoms with Gasteiger partial charge in [-0.3, -0.25) is 4.31 Å². The summed E-state index contributed by atoms with van der Waals surface area (Å²) in [6.45, 7) is 0. The first kappa shape index (κ1) is 13.8. The van der Waals surface area contributed by atoms with Gasteiger partial charge in [0.25, 0.3) is 0 Å². The van der Waals surface area contributed by atoms with Crippen molar-refractivity contribution >= 4 is 21.9 Å². The second-order valence-electron chi connectivity index (χ2n) is 4.37. The molecule has 0 aromatic heterocycles. The highest BCUT2D eigenvalue weighted by atomic mass is 32.2. The van der Waals surface area contributed by atoms with Crippen molar-refractivity contribution in [2.45, 2.75) is 18.9 Å². The van der Waals surface area contributed by atoms with Gasteiger partial charge in [-0.15, -0.1) is 0 Å². The number of benzene rings is 1. The van der Waals surface area contributed by atoms with Crippen LogP contribution in [0.3, 0.4) is 0 Å². The third-order valence-corrected chi connectivity index (χ3v) is 4.45. The number of nitrogens with zero attached hydrogens (tertiary/aromatic N) is 1. The van der Waals surface area contributed by atoms with Crippen LogP contribution in [0.1, 0.15) is 23.2 Å². The maximum Gasteiger partial charge on any atom is 0.340 e. The number of para-hydroxylation sites is 1. The topological polar surface area (TPSA) is 75.7 Å². The molecule has 19 heavy (non-hydrogen) atoms. The van der Waals surface area contributed by atoms with E-state index in [1.807, 2.05) is 0 Å². The van der Waals surface area contributed by atoms with Crippen molar-refractivity contribution in [1.82, 2.24) is 4.72 Å². The minimum Gasteiger partial charge on any atom is -0.465 e. The molecule has 0 atom stereocenters. The molecule has 0 heterocycles. The van der Waals surface area contributed by atoms with Crippen molar-refractivity contribution in [2.24, 2.45) is 0 Å². The first-order chi connectivity index (χ1) is 8.95. The van der Waals surface area contributed by atoms with Crippen molar-refractivity contribution in [3.63, 3.8) is 0 Å². The molecular formula is C12H16N2O4S. The van der Waals surface area contributed by atoms with E-state index in [-0.39, 0.29) is 11.6 Å². The quantitative estimate of drug-likeness (QED) is 0.815. The molecule has 1 aliphatic carbocycles. The Morgan fingerprint density at radius 3 is 2.58 bits per heavy atom. The Hall–Kier alpha value is -1.60. The molecule has 0 saturated heterocycles. The second-order valence-corrected chi connectivity index (χ2v) is 6.11. The summed E-state index contributed by atoms with van der Waals surface area (Å²) in [5.41, 5.74) is 0.510. The van der Waals surface area contributed by atoms with Gasteiger partial charge in [-0.25, -0.2) is 4.79 Å². The third-order valence-electron chi connectivity index (χ3n) is 2.90. The maximum absolute atomic E-state index is 12.1. The molecule has 1 aromatic rings. The van der Waals surface area contributed by atoms with Crippen LogP contribution >= 0.6 is 0 Å². The van der Waals surface area contributed by atoms with Crippen LogP contribution in [0.15, 0.2) is 24.3 Å². The van der Waals surface area contributed by atoms with E-state index in [9.17, 15) is 13.2 Å². The fourth-order valence-corrected chi connectivity index (χ4v) is 2.88. The summed E-state index contributed by atoms with van der Waals surface area (Å²) in [7, 11) is -0.970. The minimum atomic E-state index is -3.64. The average Bonchev–Trinajstić information content (AvgIpc) is 3.20. The van der Waals surface area contributed by atoms with Crippen molar-refractivity contribution in [3.05, 3.63) is 29.8 Å². The Balaban J connectivity index is 2.32. The van der Waals surface area contributed by atoms with E-state index in [2.05, 4.69) is 9.46 Å². The van der Waals surface area contributed by atoms with Gasteiger partial charge in [0.2, 0.25) is 0 Å². The van der Waals surface area contributed by atoms with Gasteiger partial charge in [-0.1, -0.05) is 12.1 Å². The summed E-state index contributed by atoms with van der Waals surface area (Å²) in [6, 6.07) is 6.44. The molecule has 0 bridgehead atoms. The Labute approximate surface area is 112 Å². The summed E-state index contributed by atoms with van der Waals surface area (Å²) in [6.07, 6.45) is 1.71. The van der Waals surface area contributed by atoms with Gasteiger partial charge in [-0.05, 0) is 25.0 Å². The fourth-order valence-electron chi connectivity index (χ4n) is 1.65. The molecule has 2 rings (SSSR count). The zero-order valence-corrected chi connectivity index (χ0v) is 11.6. The van der Waals surface area contributed by atoms with Crippen LogP contribution in [0.2, 0.25) is 0 Å². The second kappa shape index (κ2) is 5.18. The summed E-state index contributed by atoms with van der Waals surface area (Å²) in [4.78, 5) is 11.6. The molecule has 0 radical (unpaired) electrons. The van der Waals surface area contributed by atoms with E-state index < -0.39 is 16.2 Å². The predicted octanol–water partition coefficient (Wildman–Crippen LogP) is 0.906. The van der Waals surface area contributed by atoms with Gasteiger partial charge < -0.3 is 4.74 Å². The van der Waals surface area contributed by atoms with Crippen LogP contribution in [0.5, 0.6) is 0 Å². The van der Waals surface area contributed by atoms with E-state index >= 15 is 0 Å². The van der Waals surface area contributed by atoms with Gasteiger partial charge in [0, 0.05) is 13.1 Å². The first-order valence-corrected chi connectivity index (χ1v) is 7.33. The van der Waals surface area contributed by atoms with E-state index in [0.29, 0.717) is 5.69 Å². The summed E-state index contributed by atoms with van der Waals surface area (Å²) >= 11 is 0. The monoisotopic (exact) mass is 284 g/mol. The molecule has 1 aromatic carbocycles. The van der Waals surface area contributed by atoms with Crippen LogP contribution < -0.4 is 9.03 Å². The van der Waals surface area contributed by atoms with Crippen molar-refractivity contribution < 1.29 is 17.9 Å². The molecule has 1 N–H and O–H groups in total. The molecule has 1 fully saturated rings. The minimum absolute atomic E-state index is 0.0118. The van der Waals surface area contributed by atoms with Crippen LogP contribution in [-0.2, 0) is 14.9 Å². The Kier molecular flexibility index (Phi) is 3.77. The van der Waals surface area contributed by atoms with Gasteiger partial charge in [-0.2, -0.15) is 13.1 Å². The molecular weight excluding hydrogens is 268 g/mol. The number of methoxy groups -OCH3 is 1. The zero-order valence-electron chi connectivity index (χ0n) is 10.8. The number of esters is 1. The van der Waals surface area contributed by atoms with Crippen molar-refractivity contribution in [1.29, 1.82) is 0 Å². The molecule has 0 aliphatic heterocycles. The lowest BCUT2D eigenvalue weighted by molar-refractivity contribution is 0.0601. The lowest BCUT2D eigenvalue weighted by Gasteiger charge is -2.21. The normalized spacial score (nSPS) is 15.1. The highest BCUT2D eigenvalue weighted by Gasteiger charge is 2.30. The van der Waals surface area contributed by atoms with Crippen LogP contribution in [-0.4, -0.2) is 34.6 Å². The number of carbonyl (C=O) groups is 1. The van der Waals surface area contributed by atoms with Crippen LogP contribution in [0.25, 0.3) is 0 Å². The lowest BCUT2D eigenvalue weighted by Crippen LogP contribution is -2.40. The first-order valence-electron chi connectivity index (χ1n) is 5.89. The fraction of sp³-hybridized carbons (Fsp3) is 0.417. The highest BCUT2D eigenvalue weighted by Crippen LogP contribution is 2.25. The molecule has 1 saturated carbocycles. The molecule has 0 spiro atoms. The standard InChI is InChI=1S/C12H16N2O4S/c1-14(19(16,17)13-9-7-8-9)11-6-4-3-5-10(11)12(15)18-2/h3-6,9,13H,7-8H2,1-2H3. The van der Waals surface area contributed by atoms with Crippen molar-refractivity contribution in [3.8, 4) is 0 Å². The van der Waals surface area contributed by atoms with Crippen molar-refractivity contribution in [2.75, 3.05) is 18.5 Å². The lowest BCUT2D eigenvalue weighted by atomic mass is 10.2. The average molecular weight is 284 g/mol. The molecule has 104 valence electrons. The third kappa shape index (κ3) is 3.05. The van der Waals surface area contributed by atoms with Crippen LogP contribution in [0, 0.1) is 0 Å². The van der Waals surface area contributed by atoms with Gasteiger partial charge in [0.15, 0.2) is 0 Å². The summed E-state index contributed by atoms with van der Waals surface area (Å²) < 4.78 is 32.5. The number of rotatable bonds is 5. The summed E-state index contributed by atoms with van der Waals surface area (Å²) in [5, 5.41) is 0. The number of hydrogen-bond acceptors (Lipinski definition) is 4. The van der Waals surface area contributed by atoms with E-state index in [1.54, 1.807) is 18.2 Å². The number of carbonyl (C=O) groups excluding carboxylic acids is 1. The number of hydrogen-bond donors (Lipinski definition) is 1. The van der Waals surface area contributed by atoms with Gasteiger partial charge in [0.05, 0.1) is 18.4 Å². The number of ether oxygens (including phenoxy) is 1. The van der Waals surface area contributed by atoms with Gasteiger partial charge >= 0.3 is 16.2 Å². The maximum atomic E-state index is 12.1. The van der Waals surface area contributed by atoms with E-state index in [1.165, 1.54) is 20.2 Å². The number of anilines is 1. The van der Waals surface area contributed by atoms with E-state index in [0.717, 1.165) is 17.1 Å². The Bertz CT molecular complexity index is 581. The predicted molar refractivity (Wildman–Crippen MR) is 71.3 cm³/mol. The molecule has 7 heteroatoms. The number of nitrogens with one attached hydrogen (secondary N) is 1. The summed E-state index contributed by atoms with van der Waals surface area (Å²) in [5.74, 6) is -0.566. The Morgan fingerprint density at radius 1 is 1.37 bits per heavy atom. The molecule has 0 unspecified atom stereocenters. The Morgan fingerprint density at radius 2 is 2.00 bits per heavy atom. The van der Waals surface area contributed by atoms with Crippen LogP contribution in [0.4, 0.5) is 5.69 Å². The molecule has 1 aliphatic rings. The smallest absolute Gasteiger partial charge is 0.340 e. The zero-order chi connectivity index (χ0) is 14.0. The highest BCUT2D eigenvalue weighted by molar-refractivity contribution is 7.90.